The minimum atomic E-state index is -4.65. The molecule has 1 amide bonds. The Kier molecular flexibility index (Phi) is 4.97. The Bertz CT molecular complexity index is 460. The molecule has 0 fully saturated rings. The minimum absolute atomic E-state index is 0.158. The fourth-order valence-electron chi connectivity index (χ4n) is 1.59. The van der Waals surface area contributed by atoms with Crippen LogP contribution in [0.15, 0.2) is 24.3 Å². The van der Waals surface area contributed by atoms with Gasteiger partial charge in [-0.15, -0.1) is 0 Å². The van der Waals surface area contributed by atoms with Crippen molar-refractivity contribution in [2.24, 2.45) is 0 Å². The van der Waals surface area contributed by atoms with E-state index in [0.29, 0.717) is 10.5 Å². The normalized spacial score (nSPS) is 11.6. The molecule has 0 aliphatic heterocycles. The largest absolute Gasteiger partial charge is 0.383 e. The molecule has 0 unspecified atom stereocenters. The molecule has 0 bridgehead atoms. The quantitative estimate of drug-likeness (QED) is 0.779. The summed E-state index contributed by atoms with van der Waals surface area (Å²) in [7, 11) is 4.75. The number of nitrogens with zero attached hydrogens (tertiary/aromatic N) is 2. The average Bonchev–Trinajstić information content (AvgIpc) is 2.38. The third-order valence-corrected chi connectivity index (χ3v) is 2.78. The van der Waals surface area contributed by atoms with Crippen LogP contribution < -0.4 is 4.90 Å². The maximum absolute atomic E-state index is 12.9. The first-order valence-corrected chi connectivity index (χ1v) is 5.84. The molecule has 1 aromatic rings. The molecule has 1 rings (SSSR count). The molecule has 0 aromatic heterocycles. The number of hydrogen-bond acceptors (Lipinski definition) is 2. The zero-order valence-electron chi connectivity index (χ0n) is 11.4. The Morgan fingerprint density at radius 3 is 2.05 bits per heavy atom. The highest BCUT2D eigenvalue weighted by atomic mass is 19.3. The van der Waals surface area contributed by atoms with Gasteiger partial charge in [0.1, 0.15) is 0 Å². The summed E-state index contributed by atoms with van der Waals surface area (Å²) < 4.78 is 50.0. The van der Waals surface area contributed by atoms with Crippen molar-refractivity contribution in [3.63, 3.8) is 0 Å². The summed E-state index contributed by atoms with van der Waals surface area (Å²) in [6.07, 6.45) is -4.01. The number of carbonyl (C=O) groups excluding carboxylic acids is 1. The van der Waals surface area contributed by atoms with Crippen molar-refractivity contribution in [3.05, 3.63) is 29.8 Å². The molecular weight excluding hydrogens is 276 g/mol. The molecule has 0 heterocycles. The number of rotatable bonds is 5. The lowest BCUT2D eigenvalue weighted by molar-refractivity contribution is -0.179. The lowest BCUT2D eigenvalue weighted by Crippen LogP contribution is -2.45. The van der Waals surface area contributed by atoms with E-state index >= 15 is 0 Å². The highest BCUT2D eigenvalue weighted by molar-refractivity contribution is 5.83. The van der Waals surface area contributed by atoms with Gasteiger partial charge in [0.15, 0.2) is 0 Å². The first-order chi connectivity index (χ1) is 9.16. The van der Waals surface area contributed by atoms with Crippen molar-refractivity contribution in [1.29, 1.82) is 0 Å². The molecule has 0 aliphatic rings. The van der Waals surface area contributed by atoms with E-state index in [9.17, 15) is 22.4 Å². The molecule has 20 heavy (non-hydrogen) atoms. The van der Waals surface area contributed by atoms with Gasteiger partial charge in [0, 0.05) is 33.4 Å². The summed E-state index contributed by atoms with van der Waals surface area (Å²) in [5, 5.41) is 0. The van der Waals surface area contributed by atoms with Gasteiger partial charge < -0.3 is 9.80 Å². The Labute approximate surface area is 114 Å². The highest BCUT2D eigenvalue weighted by Gasteiger charge is 2.50. The van der Waals surface area contributed by atoms with Gasteiger partial charge in [-0.05, 0) is 17.7 Å². The van der Waals surface area contributed by atoms with Gasteiger partial charge in [-0.25, -0.2) is 8.78 Å². The number of amides is 1. The summed E-state index contributed by atoms with van der Waals surface area (Å²) in [5.74, 6) is -6.54. The molecule has 7 heteroatoms. The van der Waals surface area contributed by atoms with E-state index in [-0.39, 0.29) is 6.54 Å². The van der Waals surface area contributed by atoms with Crippen LogP contribution in [-0.4, -0.2) is 44.3 Å². The van der Waals surface area contributed by atoms with Crippen molar-refractivity contribution < 1.29 is 22.4 Å². The van der Waals surface area contributed by atoms with E-state index in [0.717, 1.165) is 12.7 Å². The number of halogens is 4. The van der Waals surface area contributed by atoms with Crippen molar-refractivity contribution in [1.82, 2.24) is 4.90 Å². The van der Waals surface area contributed by atoms with Gasteiger partial charge in [0.2, 0.25) is 0 Å². The van der Waals surface area contributed by atoms with Crippen LogP contribution in [0.3, 0.4) is 0 Å². The van der Waals surface area contributed by atoms with Crippen LogP contribution in [-0.2, 0) is 11.3 Å². The van der Waals surface area contributed by atoms with Crippen LogP contribution in [0.4, 0.5) is 23.2 Å². The molecule has 0 N–H and O–H groups in total. The molecule has 0 saturated carbocycles. The molecule has 112 valence electrons. The molecule has 0 atom stereocenters. The first-order valence-electron chi connectivity index (χ1n) is 5.84. The van der Waals surface area contributed by atoms with E-state index in [2.05, 4.69) is 0 Å². The lowest BCUT2D eigenvalue weighted by Gasteiger charge is -2.23. The van der Waals surface area contributed by atoms with Crippen LogP contribution in [0.5, 0.6) is 0 Å². The first kappa shape index (κ1) is 16.3. The van der Waals surface area contributed by atoms with E-state index in [1.165, 1.54) is 0 Å². The molecular formula is C13H16F4N2O. The van der Waals surface area contributed by atoms with E-state index < -0.39 is 18.3 Å². The lowest BCUT2D eigenvalue weighted by atomic mass is 10.2. The number of benzene rings is 1. The van der Waals surface area contributed by atoms with Gasteiger partial charge >= 0.3 is 12.3 Å². The second kappa shape index (κ2) is 6.11. The molecule has 0 spiro atoms. The Balaban J connectivity index is 2.75. The summed E-state index contributed by atoms with van der Waals surface area (Å²) in [6, 6.07) is 6.80. The van der Waals surface area contributed by atoms with Crippen molar-refractivity contribution in [3.8, 4) is 0 Å². The summed E-state index contributed by atoms with van der Waals surface area (Å²) in [5.41, 5.74) is 1.48. The Hall–Kier alpha value is -1.79. The Morgan fingerprint density at radius 1 is 1.15 bits per heavy atom. The monoisotopic (exact) mass is 292 g/mol. The molecule has 0 radical (unpaired) electrons. The summed E-state index contributed by atoms with van der Waals surface area (Å²) >= 11 is 0. The van der Waals surface area contributed by atoms with Gasteiger partial charge in [-0.1, -0.05) is 12.1 Å². The van der Waals surface area contributed by atoms with Crippen molar-refractivity contribution in [2.75, 3.05) is 26.0 Å². The summed E-state index contributed by atoms with van der Waals surface area (Å²) in [6.45, 7) is -0.158. The Morgan fingerprint density at radius 2 is 1.65 bits per heavy atom. The maximum atomic E-state index is 12.9. The number of anilines is 1. The van der Waals surface area contributed by atoms with Gasteiger partial charge in [0.25, 0.3) is 5.91 Å². The minimum Gasteiger partial charge on any atom is -0.378 e. The van der Waals surface area contributed by atoms with Crippen LogP contribution in [0.1, 0.15) is 5.56 Å². The van der Waals surface area contributed by atoms with Crippen LogP contribution in [0.2, 0.25) is 0 Å². The smallest absolute Gasteiger partial charge is 0.378 e. The second-order valence-corrected chi connectivity index (χ2v) is 4.65. The van der Waals surface area contributed by atoms with Crippen LogP contribution >= 0.6 is 0 Å². The van der Waals surface area contributed by atoms with Crippen molar-refractivity contribution in [2.45, 2.75) is 18.9 Å². The fraction of sp³-hybridized carbons (Fsp3) is 0.462. The molecule has 0 saturated heterocycles. The number of carbonyl (C=O) groups is 1. The SMILES string of the molecule is CN(Cc1ccc(N(C)C)cc1)C(=O)C(F)(F)C(F)F. The highest BCUT2D eigenvalue weighted by Crippen LogP contribution is 2.25. The standard InChI is InChI=1S/C13H16F4N2O/c1-18(2)10-6-4-9(5-7-10)8-19(3)12(20)13(16,17)11(14)15/h4-7,11H,8H2,1-3H3. The second-order valence-electron chi connectivity index (χ2n) is 4.65. The zero-order chi connectivity index (χ0) is 15.5. The predicted molar refractivity (Wildman–Crippen MR) is 68.2 cm³/mol. The number of alkyl halides is 4. The molecule has 0 aliphatic carbocycles. The van der Waals surface area contributed by atoms with Gasteiger partial charge in [-0.3, -0.25) is 4.79 Å². The van der Waals surface area contributed by atoms with Crippen molar-refractivity contribution >= 4 is 11.6 Å². The number of hydrogen-bond donors (Lipinski definition) is 0. The van der Waals surface area contributed by atoms with Crippen LogP contribution in [0.25, 0.3) is 0 Å². The van der Waals surface area contributed by atoms with E-state index in [4.69, 9.17) is 0 Å². The van der Waals surface area contributed by atoms with E-state index in [1.807, 2.05) is 19.0 Å². The third kappa shape index (κ3) is 3.61. The zero-order valence-corrected chi connectivity index (χ0v) is 11.4. The predicted octanol–water partition coefficient (Wildman–Crippen LogP) is 2.61. The topological polar surface area (TPSA) is 23.6 Å². The third-order valence-electron chi connectivity index (χ3n) is 2.78. The van der Waals surface area contributed by atoms with E-state index in [1.54, 1.807) is 24.3 Å². The van der Waals surface area contributed by atoms with Gasteiger partial charge in [0.05, 0.1) is 0 Å². The summed E-state index contributed by atoms with van der Waals surface area (Å²) in [4.78, 5) is 13.7. The molecule has 3 nitrogen and oxygen atoms in total. The average molecular weight is 292 g/mol. The van der Waals surface area contributed by atoms with Crippen LogP contribution in [0, 0.1) is 0 Å². The maximum Gasteiger partial charge on any atom is 0.383 e. The van der Waals surface area contributed by atoms with Gasteiger partial charge in [-0.2, -0.15) is 8.78 Å². The molecule has 1 aromatic carbocycles. The fourth-order valence-corrected chi connectivity index (χ4v) is 1.59.